The fourth-order valence-electron chi connectivity index (χ4n) is 4.02. The third-order valence-electron chi connectivity index (χ3n) is 5.45. The molecule has 3 nitrogen and oxygen atoms in total. The van der Waals surface area contributed by atoms with Crippen molar-refractivity contribution in [2.24, 2.45) is 0 Å². The molecule has 0 N–H and O–H groups in total. The molecular weight excluding hydrogens is 605 g/mol. The first kappa shape index (κ1) is 21.7. The van der Waals surface area contributed by atoms with Crippen LogP contribution in [0.4, 0.5) is 5.69 Å². The zero-order chi connectivity index (χ0) is 21.5. The van der Waals surface area contributed by atoms with Crippen LogP contribution in [0.2, 0.25) is 0 Å². The van der Waals surface area contributed by atoms with Gasteiger partial charge in [0.1, 0.15) is 5.69 Å². The number of fused-ring (bicyclic) bond motifs is 3. The molecule has 0 unspecified atom stereocenters. The maximum atomic E-state index is 3.49. The van der Waals surface area contributed by atoms with Gasteiger partial charge in [0.25, 0.3) is 6.20 Å². The Kier molecular flexibility index (Phi) is 5.91. The molecule has 1 aliphatic rings. The average molecular weight is 624 g/mol. The van der Waals surface area contributed by atoms with E-state index in [0.717, 1.165) is 26.7 Å². The zero-order valence-electron chi connectivity index (χ0n) is 17.7. The van der Waals surface area contributed by atoms with E-state index in [9.17, 15) is 0 Å². The minimum absolute atomic E-state index is 0. The van der Waals surface area contributed by atoms with Gasteiger partial charge in [-0.05, 0) is 11.5 Å². The van der Waals surface area contributed by atoms with E-state index in [4.69, 9.17) is 0 Å². The van der Waals surface area contributed by atoms with Gasteiger partial charge in [0.05, 0.1) is 0 Å². The van der Waals surface area contributed by atoms with Crippen molar-refractivity contribution in [3.05, 3.63) is 109 Å². The van der Waals surface area contributed by atoms with Crippen LogP contribution in [0.5, 0.6) is 0 Å². The van der Waals surface area contributed by atoms with Gasteiger partial charge in [-0.2, -0.15) is 48.5 Å². The Balaban J connectivity index is 0.00000228. The van der Waals surface area contributed by atoms with E-state index in [-0.39, 0.29) is 21.1 Å². The fourth-order valence-corrected chi connectivity index (χ4v) is 4.86. The molecule has 5 heteroatoms. The van der Waals surface area contributed by atoms with Gasteiger partial charge in [0, 0.05) is 26.6 Å². The SMILES string of the molecule is C[N+]1=C=[N+](c2[c-]c(Sc3[c-]cc4c(c3)c3ccccc3n4-c3[c-]cccc3)ccc2)C=C1.[Pt]. The Hall–Kier alpha value is -3.16. The smallest absolute Gasteiger partial charge is 0.387 e. The number of hydrogen-bond acceptors (Lipinski definition) is 1. The van der Waals surface area contributed by atoms with E-state index in [2.05, 4.69) is 83.4 Å². The number of hydrogen-bond donors (Lipinski definition) is 0. The summed E-state index contributed by atoms with van der Waals surface area (Å²) in [5.41, 5.74) is 4.30. The van der Waals surface area contributed by atoms with Crippen molar-refractivity contribution < 1.29 is 30.2 Å². The molecule has 6 rings (SSSR count). The summed E-state index contributed by atoms with van der Waals surface area (Å²) in [6, 6.07) is 40.7. The maximum Gasteiger partial charge on any atom is 0.493 e. The van der Waals surface area contributed by atoms with Gasteiger partial charge in [-0.25, -0.2) is 0 Å². The van der Waals surface area contributed by atoms with Crippen LogP contribution in [0.3, 0.4) is 0 Å². The van der Waals surface area contributed by atoms with Crippen molar-refractivity contribution in [3.8, 4) is 5.69 Å². The normalized spacial score (nSPS) is 12.6. The molecule has 0 fully saturated rings. The van der Waals surface area contributed by atoms with Gasteiger partial charge >= 0.3 is 6.01 Å². The van der Waals surface area contributed by atoms with Crippen molar-refractivity contribution in [3.63, 3.8) is 0 Å². The molecule has 1 aromatic heterocycles. The molecule has 0 amide bonds. The topological polar surface area (TPSA) is 10.9 Å². The van der Waals surface area contributed by atoms with Crippen molar-refractivity contribution in [1.82, 2.24) is 4.57 Å². The molecule has 0 spiro atoms. The predicted octanol–water partition coefficient (Wildman–Crippen LogP) is 6.28. The van der Waals surface area contributed by atoms with Crippen molar-refractivity contribution in [2.45, 2.75) is 9.79 Å². The van der Waals surface area contributed by atoms with E-state index in [1.807, 2.05) is 52.9 Å². The minimum atomic E-state index is 0. The Morgan fingerprint density at radius 2 is 1.73 bits per heavy atom. The van der Waals surface area contributed by atoms with Crippen LogP contribution in [0, 0.1) is 18.2 Å². The van der Waals surface area contributed by atoms with Gasteiger partial charge in [-0.3, -0.25) is 0 Å². The van der Waals surface area contributed by atoms with E-state index >= 15 is 0 Å². The Morgan fingerprint density at radius 3 is 2.55 bits per heavy atom. The first-order chi connectivity index (χ1) is 15.8. The molecule has 0 saturated carbocycles. The van der Waals surface area contributed by atoms with Crippen LogP contribution >= 0.6 is 11.8 Å². The maximum absolute atomic E-state index is 3.49. The van der Waals surface area contributed by atoms with Crippen LogP contribution in [-0.2, 0) is 21.1 Å². The summed E-state index contributed by atoms with van der Waals surface area (Å²) in [7, 11) is 1.96. The van der Waals surface area contributed by atoms with Crippen LogP contribution < -0.4 is 0 Å². The van der Waals surface area contributed by atoms with Crippen LogP contribution in [0.1, 0.15) is 0 Å². The van der Waals surface area contributed by atoms with Gasteiger partial charge < -0.3 is 4.57 Å². The molecule has 1 aliphatic heterocycles. The largest absolute Gasteiger partial charge is 0.493 e. The molecule has 33 heavy (non-hydrogen) atoms. The Morgan fingerprint density at radius 1 is 0.848 bits per heavy atom. The molecule has 0 radical (unpaired) electrons. The molecule has 0 aliphatic carbocycles. The van der Waals surface area contributed by atoms with E-state index in [1.165, 1.54) is 16.3 Å². The second kappa shape index (κ2) is 9.00. The van der Waals surface area contributed by atoms with Crippen LogP contribution in [0.15, 0.2) is 101 Å². The molecule has 0 atom stereocenters. The zero-order valence-corrected chi connectivity index (χ0v) is 20.8. The first-order valence-corrected chi connectivity index (χ1v) is 11.2. The Bertz CT molecular complexity index is 1590. The predicted molar refractivity (Wildman–Crippen MR) is 128 cm³/mol. The third kappa shape index (κ3) is 4.03. The van der Waals surface area contributed by atoms with Crippen LogP contribution in [-0.4, -0.2) is 26.8 Å². The summed E-state index contributed by atoms with van der Waals surface area (Å²) in [6.45, 7) is 0. The quantitative estimate of drug-likeness (QED) is 0.170. The third-order valence-corrected chi connectivity index (χ3v) is 6.36. The van der Waals surface area contributed by atoms with Crippen molar-refractivity contribution >= 4 is 45.3 Å². The first-order valence-electron chi connectivity index (χ1n) is 10.4. The average Bonchev–Trinajstić information content (AvgIpc) is 3.41. The summed E-state index contributed by atoms with van der Waals surface area (Å²) >= 11 is 1.67. The molecule has 0 bridgehead atoms. The van der Waals surface area contributed by atoms with Crippen molar-refractivity contribution in [2.75, 3.05) is 7.05 Å². The summed E-state index contributed by atoms with van der Waals surface area (Å²) < 4.78 is 6.10. The number of nitrogens with zero attached hydrogens (tertiary/aromatic N) is 3. The summed E-state index contributed by atoms with van der Waals surface area (Å²) in [6.07, 6.45) is 3.95. The van der Waals surface area contributed by atoms with E-state index in [1.54, 1.807) is 11.8 Å². The Labute approximate surface area is 211 Å². The molecule has 162 valence electrons. The van der Waals surface area contributed by atoms with Crippen LogP contribution in [0.25, 0.3) is 27.5 Å². The summed E-state index contributed by atoms with van der Waals surface area (Å²) in [4.78, 5) is 2.11. The van der Waals surface area contributed by atoms with Gasteiger partial charge in [-0.15, -0.1) is 34.2 Å². The molecule has 0 saturated heterocycles. The molecule has 5 aromatic rings. The van der Waals surface area contributed by atoms with E-state index < -0.39 is 0 Å². The van der Waals surface area contributed by atoms with E-state index in [0.29, 0.717) is 0 Å². The fraction of sp³-hybridized carbons (Fsp3) is 0.0357. The summed E-state index contributed by atoms with van der Waals surface area (Å²) in [5.74, 6) is 0. The second-order valence-corrected chi connectivity index (χ2v) is 8.66. The minimum Gasteiger partial charge on any atom is -0.387 e. The van der Waals surface area contributed by atoms with Gasteiger partial charge in [0.2, 0.25) is 6.20 Å². The number of rotatable bonds is 4. The van der Waals surface area contributed by atoms with Crippen molar-refractivity contribution in [1.29, 1.82) is 0 Å². The van der Waals surface area contributed by atoms with Gasteiger partial charge in [-0.1, -0.05) is 55.6 Å². The number of para-hydroxylation sites is 2. The second-order valence-electron chi connectivity index (χ2n) is 7.58. The number of benzene rings is 4. The molecule has 4 aromatic carbocycles. The molecular formula is C28H18N3PtS-. The monoisotopic (exact) mass is 623 g/mol. The number of aromatic nitrogens is 1. The standard InChI is InChI=1S/C28H18N3S.Pt/c1-29-16-17-30(20-29)22-10-7-11-23(18-22)32-24-14-15-28-26(19-24)25-12-5-6-13-27(25)31(28)21-8-3-2-4-9-21;/h2-8,10-13,15-17,19H,1H3;/q-1;. The summed E-state index contributed by atoms with van der Waals surface area (Å²) in [5, 5.41) is 2.43. The molecule has 2 heterocycles. The van der Waals surface area contributed by atoms with Gasteiger partial charge in [0.15, 0.2) is 7.05 Å².